The van der Waals surface area contributed by atoms with Gasteiger partial charge in [0.05, 0.1) is 5.25 Å². The van der Waals surface area contributed by atoms with Crippen LogP contribution in [0.3, 0.4) is 0 Å². The highest BCUT2D eigenvalue weighted by Crippen LogP contribution is 2.18. The molecule has 6 heteroatoms. The van der Waals surface area contributed by atoms with Gasteiger partial charge in [0, 0.05) is 24.9 Å². The summed E-state index contributed by atoms with van der Waals surface area (Å²) >= 11 is 0. The molecule has 1 aromatic rings. The minimum atomic E-state index is -3.11. The second-order valence-corrected chi connectivity index (χ2v) is 6.82. The van der Waals surface area contributed by atoms with Gasteiger partial charge in [-0.25, -0.2) is 12.8 Å². The van der Waals surface area contributed by atoms with Crippen LogP contribution in [0.1, 0.15) is 16.8 Å². The third-order valence-electron chi connectivity index (χ3n) is 3.13. The Bertz CT molecular complexity index is 553. The molecule has 0 radical (unpaired) electrons. The van der Waals surface area contributed by atoms with Crippen molar-refractivity contribution < 1.29 is 17.6 Å². The Morgan fingerprint density at radius 1 is 1.33 bits per heavy atom. The number of hydrogen-bond acceptors (Lipinski definition) is 3. The molecule has 1 saturated heterocycles. The average Bonchev–Trinajstić information content (AvgIpc) is 2.78. The second-order valence-electron chi connectivity index (χ2n) is 4.50. The van der Waals surface area contributed by atoms with Crippen molar-refractivity contribution in [2.24, 2.45) is 0 Å². The van der Waals surface area contributed by atoms with E-state index in [-0.39, 0.29) is 12.5 Å². The zero-order valence-electron chi connectivity index (χ0n) is 9.97. The van der Waals surface area contributed by atoms with Crippen LogP contribution in [0.25, 0.3) is 0 Å². The molecule has 0 saturated carbocycles. The Morgan fingerprint density at radius 2 is 1.94 bits per heavy atom. The molecule has 98 valence electrons. The van der Waals surface area contributed by atoms with Gasteiger partial charge in [-0.2, -0.15) is 0 Å². The summed E-state index contributed by atoms with van der Waals surface area (Å²) in [5.41, 5.74) is 0.380. The fraction of sp³-hybridized carbons (Fsp3) is 0.417. The summed E-state index contributed by atoms with van der Waals surface area (Å²) in [7, 11) is -3.11. The molecular weight excluding hydrogens is 257 g/mol. The molecule has 0 unspecified atom stereocenters. The molecule has 0 spiro atoms. The van der Waals surface area contributed by atoms with Gasteiger partial charge in [-0.3, -0.25) is 4.79 Å². The number of rotatable bonds is 2. The van der Waals surface area contributed by atoms with Gasteiger partial charge in [-0.15, -0.1) is 0 Å². The number of likely N-dealkylation sites (tertiary alicyclic amines) is 1. The lowest BCUT2D eigenvalue weighted by Gasteiger charge is -2.16. The number of halogens is 1. The van der Waals surface area contributed by atoms with Crippen molar-refractivity contribution in [1.29, 1.82) is 0 Å². The summed E-state index contributed by atoms with van der Waals surface area (Å²) in [6.45, 7) is 0.642. The SMILES string of the molecule is CS(=O)(=O)[C@@H]1CCN(C(=O)c2ccc(F)cc2)C1. The lowest BCUT2D eigenvalue weighted by Crippen LogP contribution is -2.31. The van der Waals surface area contributed by atoms with E-state index in [1.54, 1.807) is 0 Å². The Hall–Kier alpha value is -1.43. The molecule has 2 rings (SSSR count). The van der Waals surface area contributed by atoms with E-state index in [4.69, 9.17) is 0 Å². The first-order valence-electron chi connectivity index (χ1n) is 5.61. The third kappa shape index (κ3) is 2.69. The minimum Gasteiger partial charge on any atom is -0.337 e. The summed E-state index contributed by atoms with van der Waals surface area (Å²) < 4.78 is 35.5. The van der Waals surface area contributed by atoms with E-state index in [2.05, 4.69) is 0 Å². The van der Waals surface area contributed by atoms with Gasteiger partial charge in [-0.05, 0) is 30.7 Å². The largest absolute Gasteiger partial charge is 0.337 e. The number of sulfone groups is 1. The van der Waals surface area contributed by atoms with Crippen LogP contribution in [-0.4, -0.2) is 43.8 Å². The van der Waals surface area contributed by atoms with E-state index in [0.717, 1.165) is 0 Å². The normalized spacial score (nSPS) is 20.1. The zero-order valence-corrected chi connectivity index (χ0v) is 10.8. The molecule has 1 aliphatic heterocycles. The number of carbonyl (C=O) groups is 1. The topological polar surface area (TPSA) is 54.5 Å². The Morgan fingerprint density at radius 3 is 2.44 bits per heavy atom. The quantitative estimate of drug-likeness (QED) is 0.809. The van der Waals surface area contributed by atoms with Crippen LogP contribution < -0.4 is 0 Å². The van der Waals surface area contributed by atoms with Crippen molar-refractivity contribution >= 4 is 15.7 Å². The molecule has 0 bridgehead atoms. The second kappa shape index (κ2) is 4.68. The van der Waals surface area contributed by atoms with Crippen LogP contribution in [-0.2, 0) is 9.84 Å². The van der Waals surface area contributed by atoms with Crippen LogP contribution in [0.5, 0.6) is 0 Å². The van der Waals surface area contributed by atoms with Gasteiger partial charge >= 0.3 is 0 Å². The van der Waals surface area contributed by atoms with Gasteiger partial charge < -0.3 is 4.90 Å². The third-order valence-corrected chi connectivity index (χ3v) is 4.72. The highest BCUT2D eigenvalue weighted by molar-refractivity contribution is 7.91. The van der Waals surface area contributed by atoms with Crippen LogP contribution in [0.4, 0.5) is 4.39 Å². The summed E-state index contributed by atoms with van der Waals surface area (Å²) in [6.07, 6.45) is 1.65. The van der Waals surface area contributed by atoms with E-state index in [1.165, 1.54) is 35.4 Å². The molecule has 1 aromatic carbocycles. The molecule has 0 aromatic heterocycles. The first-order valence-corrected chi connectivity index (χ1v) is 7.57. The molecular formula is C12H14FNO3S. The van der Waals surface area contributed by atoms with Gasteiger partial charge in [0.2, 0.25) is 0 Å². The maximum Gasteiger partial charge on any atom is 0.253 e. The molecule has 0 aliphatic carbocycles. The highest BCUT2D eigenvalue weighted by Gasteiger charge is 2.32. The molecule has 1 aliphatic rings. The Balaban J connectivity index is 2.10. The fourth-order valence-corrected chi connectivity index (χ4v) is 3.02. The van der Waals surface area contributed by atoms with Crippen LogP contribution in [0.2, 0.25) is 0 Å². The molecule has 1 heterocycles. The van der Waals surface area contributed by atoms with E-state index >= 15 is 0 Å². The lowest BCUT2D eigenvalue weighted by molar-refractivity contribution is 0.0793. The standard InChI is InChI=1S/C12H14FNO3S/c1-18(16,17)11-6-7-14(8-11)12(15)9-2-4-10(13)5-3-9/h2-5,11H,6-8H2,1H3/t11-/m1/s1. The maximum absolute atomic E-state index is 12.7. The maximum atomic E-state index is 12.7. The van der Waals surface area contributed by atoms with Crippen molar-refractivity contribution in [2.45, 2.75) is 11.7 Å². The van der Waals surface area contributed by atoms with E-state index in [1.807, 2.05) is 0 Å². The van der Waals surface area contributed by atoms with Gasteiger partial charge in [-0.1, -0.05) is 0 Å². The number of carbonyl (C=O) groups excluding carboxylic acids is 1. The van der Waals surface area contributed by atoms with E-state index in [9.17, 15) is 17.6 Å². The molecule has 0 N–H and O–H groups in total. The first kappa shape index (κ1) is 13.0. The molecule has 1 fully saturated rings. The number of amides is 1. The summed E-state index contributed by atoms with van der Waals surface area (Å²) in [5.74, 6) is -0.650. The minimum absolute atomic E-state index is 0.217. The van der Waals surface area contributed by atoms with Crippen molar-refractivity contribution in [3.63, 3.8) is 0 Å². The predicted octanol–water partition coefficient (Wildman–Crippen LogP) is 1.08. The highest BCUT2D eigenvalue weighted by atomic mass is 32.2. The zero-order chi connectivity index (χ0) is 13.3. The summed E-state index contributed by atoms with van der Waals surface area (Å²) in [4.78, 5) is 13.5. The van der Waals surface area contributed by atoms with Crippen molar-refractivity contribution in [3.05, 3.63) is 35.6 Å². The number of nitrogens with zero attached hydrogens (tertiary/aromatic N) is 1. The van der Waals surface area contributed by atoms with Gasteiger partial charge in [0.25, 0.3) is 5.91 Å². The average molecular weight is 271 g/mol. The predicted molar refractivity (Wildman–Crippen MR) is 65.6 cm³/mol. The number of benzene rings is 1. The molecule has 18 heavy (non-hydrogen) atoms. The number of hydrogen-bond donors (Lipinski definition) is 0. The Labute approximate surface area is 105 Å². The fourth-order valence-electron chi connectivity index (χ4n) is 2.04. The van der Waals surface area contributed by atoms with Crippen LogP contribution in [0, 0.1) is 5.82 Å². The van der Waals surface area contributed by atoms with Gasteiger partial charge in [0.1, 0.15) is 5.82 Å². The van der Waals surface area contributed by atoms with E-state index < -0.39 is 20.9 Å². The molecule has 4 nitrogen and oxygen atoms in total. The van der Waals surface area contributed by atoms with Crippen molar-refractivity contribution in [2.75, 3.05) is 19.3 Å². The van der Waals surface area contributed by atoms with E-state index in [0.29, 0.717) is 18.5 Å². The smallest absolute Gasteiger partial charge is 0.253 e. The first-order chi connectivity index (χ1) is 8.38. The Kier molecular flexibility index (Phi) is 3.38. The van der Waals surface area contributed by atoms with Crippen LogP contribution >= 0.6 is 0 Å². The molecule has 1 amide bonds. The summed E-state index contributed by atoms with van der Waals surface area (Å²) in [5, 5.41) is -0.484. The molecule has 1 atom stereocenters. The summed E-state index contributed by atoms with van der Waals surface area (Å²) in [6, 6.07) is 5.26. The van der Waals surface area contributed by atoms with Gasteiger partial charge in [0.15, 0.2) is 9.84 Å². The van der Waals surface area contributed by atoms with Crippen molar-refractivity contribution in [1.82, 2.24) is 4.90 Å². The van der Waals surface area contributed by atoms with Crippen LogP contribution in [0.15, 0.2) is 24.3 Å². The van der Waals surface area contributed by atoms with Crippen molar-refractivity contribution in [3.8, 4) is 0 Å². The lowest BCUT2D eigenvalue weighted by atomic mass is 10.2. The monoisotopic (exact) mass is 271 g/mol.